The highest BCUT2D eigenvalue weighted by molar-refractivity contribution is 7.18. The lowest BCUT2D eigenvalue weighted by Gasteiger charge is -1.97. The van der Waals surface area contributed by atoms with Crippen molar-refractivity contribution in [1.29, 1.82) is 0 Å². The highest BCUT2D eigenvalue weighted by Crippen LogP contribution is 2.25. The molecular weight excluding hydrogens is 256 g/mol. The van der Waals surface area contributed by atoms with Crippen molar-refractivity contribution in [2.75, 3.05) is 12.4 Å². The summed E-state index contributed by atoms with van der Waals surface area (Å²) in [6.45, 7) is 0. The van der Waals surface area contributed by atoms with E-state index >= 15 is 0 Å². The lowest BCUT2D eigenvalue weighted by atomic mass is 10.3. The Bertz CT molecular complexity index is 570. The summed E-state index contributed by atoms with van der Waals surface area (Å²) in [6, 6.07) is 3.59. The second kappa shape index (κ2) is 5.32. The van der Waals surface area contributed by atoms with Gasteiger partial charge < -0.3 is 4.74 Å². The minimum atomic E-state index is -0.979. The van der Waals surface area contributed by atoms with E-state index in [0.29, 0.717) is 5.01 Å². The number of hydrogen-bond donors (Lipinski definition) is 1. The van der Waals surface area contributed by atoms with Gasteiger partial charge in [0, 0.05) is 18.0 Å². The molecule has 92 valence electrons. The molecule has 0 atom stereocenters. The summed E-state index contributed by atoms with van der Waals surface area (Å²) in [5, 5.41) is 10.8. The summed E-state index contributed by atoms with van der Waals surface area (Å²) in [4.78, 5) is 26.1. The Hall–Kier alpha value is -2.35. The van der Waals surface area contributed by atoms with Crippen molar-refractivity contribution in [3.63, 3.8) is 0 Å². The number of amides is 1. The summed E-state index contributed by atoms with van der Waals surface area (Å²) in [7, 11) is 1.13. The number of pyridine rings is 1. The first-order valence-electron chi connectivity index (χ1n) is 4.84. The van der Waals surface area contributed by atoms with Crippen LogP contribution in [0, 0.1) is 0 Å². The van der Waals surface area contributed by atoms with Gasteiger partial charge in [0.2, 0.25) is 5.13 Å². The van der Waals surface area contributed by atoms with Gasteiger partial charge in [-0.2, -0.15) is 0 Å². The predicted molar refractivity (Wildman–Crippen MR) is 63.8 cm³/mol. The number of nitrogens with one attached hydrogen (secondary N) is 1. The first kappa shape index (κ1) is 12.1. The van der Waals surface area contributed by atoms with E-state index in [-0.39, 0.29) is 5.13 Å². The molecule has 2 rings (SSSR count). The van der Waals surface area contributed by atoms with Gasteiger partial charge in [0.05, 0.1) is 7.11 Å². The first-order valence-corrected chi connectivity index (χ1v) is 5.65. The molecule has 2 aromatic rings. The van der Waals surface area contributed by atoms with Crippen LogP contribution in [0.3, 0.4) is 0 Å². The normalized spacial score (nSPS) is 9.83. The summed E-state index contributed by atoms with van der Waals surface area (Å²) >= 11 is 1.14. The highest BCUT2D eigenvalue weighted by Gasteiger charge is 2.16. The van der Waals surface area contributed by atoms with Gasteiger partial charge in [0.15, 0.2) is 5.01 Å². The van der Waals surface area contributed by atoms with Crippen molar-refractivity contribution in [2.24, 2.45) is 0 Å². The zero-order chi connectivity index (χ0) is 13.0. The maximum Gasteiger partial charge on any atom is 0.396 e. The average Bonchev–Trinajstić information content (AvgIpc) is 2.87. The lowest BCUT2D eigenvalue weighted by Crippen LogP contribution is -2.23. The number of aromatic nitrogens is 3. The van der Waals surface area contributed by atoms with Crippen LogP contribution in [0.15, 0.2) is 24.5 Å². The van der Waals surface area contributed by atoms with Crippen molar-refractivity contribution < 1.29 is 14.3 Å². The van der Waals surface area contributed by atoms with Gasteiger partial charge in [-0.05, 0) is 12.1 Å². The molecule has 0 bridgehead atoms. The van der Waals surface area contributed by atoms with E-state index in [1.54, 1.807) is 18.5 Å². The summed E-state index contributed by atoms with van der Waals surface area (Å²) < 4.78 is 4.27. The molecule has 0 aromatic carbocycles. The molecule has 2 heterocycles. The summed E-state index contributed by atoms with van der Waals surface area (Å²) in [5.41, 5.74) is 0.786. The molecule has 0 unspecified atom stereocenters. The largest absolute Gasteiger partial charge is 0.462 e. The van der Waals surface area contributed by atoms with Crippen LogP contribution in [0.5, 0.6) is 0 Å². The number of methoxy groups -OCH3 is 1. The molecule has 0 fully saturated rings. The molecule has 0 aliphatic rings. The fourth-order valence-electron chi connectivity index (χ4n) is 1.12. The lowest BCUT2D eigenvalue weighted by molar-refractivity contribution is -0.150. The van der Waals surface area contributed by atoms with Crippen LogP contribution >= 0.6 is 11.3 Å². The molecule has 0 saturated carbocycles. The molecule has 0 aliphatic heterocycles. The van der Waals surface area contributed by atoms with Crippen LogP contribution in [-0.4, -0.2) is 34.2 Å². The maximum atomic E-state index is 11.2. The SMILES string of the molecule is COC(=O)C(=O)Nc1nnc(-c2cccnc2)s1. The Kier molecular flexibility index (Phi) is 3.58. The Labute approximate surface area is 106 Å². The summed E-state index contributed by atoms with van der Waals surface area (Å²) in [5.74, 6) is -1.86. The van der Waals surface area contributed by atoms with Gasteiger partial charge in [0.25, 0.3) is 0 Å². The molecule has 0 aliphatic carbocycles. The van der Waals surface area contributed by atoms with Gasteiger partial charge in [-0.1, -0.05) is 11.3 Å². The van der Waals surface area contributed by atoms with Gasteiger partial charge in [-0.25, -0.2) is 4.79 Å². The molecular formula is C10H8N4O3S. The van der Waals surface area contributed by atoms with Crippen molar-refractivity contribution in [1.82, 2.24) is 15.2 Å². The van der Waals surface area contributed by atoms with E-state index in [9.17, 15) is 9.59 Å². The molecule has 1 N–H and O–H groups in total. The zero-order valence-electron chi connectivity index (χ0n) is 9.28. The fraction of sp³-hybridized carbons (Fsp3) is 0.100. The number of anilines is 1. The topological polar surface area (TPSA) is 94.1 Å². The maximum absolute atomic E-state index is 11.2. The van der Waals surface area contributed by atoms with Crippen LogP contribution in [0.25, 0.3) is 10.6 Å². The molecule has 18 heavy (non-hydrogen) atoms. The fourth-order valence-corrected chi connectivity index (χ4v) is 1.85. The van der Waals surface area contributed by atoms with Crippen LogP contribution in [-0.2, 0) is 14.3 Å². The molecule has 0 radical (unpaired) electrons. The van der Waals surface area contributed by atoms with Crippen LogP contribution < -0.4 is 5.32 Å². The van der Waals surface area contributed by atoms with Crippen LogP contribution in [0.1, 0.15) is 0 Å². The third-order valence-electron chi connectivity index (χ3n) is 1.92. The number of carbonyl (C=O) groups is 2. The van der Waals surface area contributed by atoms with Gasteiger partial charge >= 0.3 is 11.9 Å². The van der Waals surface area contributed by atoms with Crippen LogP contribution in [0.4, 0.5) is 5.13 Å². The van der Waals surface area contributed by atoms with E-state index in [2.05, 4.69) is 25.2 Å². The van der Waals surface area contributed by atoms with Gasteiger partial charge in [-0.3, -0.25) is 15.1 Å². The van der Waals surface area contributed by atoms with E-state index < -0.39 is 11.9 Å². The molecule has 8 heteroatoms. The highest BCUT2D eigenvalue weighted by atomic mass is 32.1. The standard InChI is InChI=1S/C10H8N4O3S/c1-17-9(16)7(15)12-10-14-13-8(18-10)6-3-2-4-11-5-6/h2-5H,1H3,(H,12,14,15). The quantitative estimate of drug-likeness (QED) is 0.634. The first-order chi connectivity index (χ1) is 8.70. The van der Waals surface area contributed by atoms with Crippen molar-refractivity contribution >= 4 is 28.3 Å². The van der Waals surface area contributed by atoms with Crippen molar-refractivity contribution in [2.45, 2.75) is 0 Å². The Balaban J connectivity index is 2.12. The summed E-state index contributed by atoms with van der Waals surface area (Å²) in [6.07, 6.45) is 3.27. The third-order valence-corrected chi connectivity index (χ3v) is 2.81. The number of carbonyl (C=O) groups excluding carboxylic acids is 2. The smallest absolute Gasteiger partial charge is 0.396 e. The third kappa shape index (κ3) is 2.66. The van der Waals surface area contributed by atoms with Gasteiger partial charge in [0.1, 0.15) is 0 Å². The molecule has 2 aromatic heterocycles. The van der Waals surface area contributed by atoms with E-state index in [0.717, 1.165) is 24.0 Å². The van der Waals surface area contributed by atoms with E-state index in [4.69, 9.17) is 0 Å². The molecule has 0 spiro atoms. The number of rotatable bonds is 2. The average molecular weight is 264 g/mol. The Morgan fingerprint density at radius 3 is 2.89 bits per heavy atom. The number of ether oxygens (including phenoxy) is 1. The Morgan fingerprint density at radius 1 is 1.39 bits per heavy atom. The number of hydrogen-bond acceptors (Lipinski definition) is 7. The van der Waals surface area contributed by atoms with Gasteiger partial charge in [-0.15, -0.1) is 10.2 Å². The zero-order valence-corrected chi connectivity index (χ0v) is 10.1. The molecule has 0 saturated heterocycles. The second-order valence-electron chi connectivity index (χ2n) is 3.10. The van der Waals surface area contributed by atoms with Crippen molar-refractivity contribution in [3.8, 4) is 10.6 Å². The molecule has 1 amide bonds. The number of nitrogens with zero attached hydrogens (tertiary/aromatic N) is 3. The minimum absolute atomic E-state index is 0.226. The van der Waals surface area contributed by atoms with E-state index in [1.165, 1.54) is 0 Å². The van der Waals surface area contributed by atoms with Crippen molar-refractivity contribution in [3.05, 3.63) is 24.5 Å². The second-order valence-corrected chi connectivity index (χ2v) is 4.08. The Morgan fingerprint density at radius 2 is 2.22 bits per heavy atom. The predicted octanol–water partition coefficient (Wildman–Crippen LogP) is 0.712. The van der Waals surface area contributed by atoms with E-state index in [1.807, 2.05) is 6.07 Å². The monoisotopic (exact) mass is 264 g/mol. The van der Waals surface area contributed by atoms with Crippen LogP contribution in [0.2, 0.25) is 0 Å². The minimum Gasteiger partial charge on any atom is -0.462 e. The molecule has 7 nitrogen and oxygen atoms in total. The number of esters is 1.